The molecule has 0 saturated heterocycles. The van der Waals surface area contributed by atoms with Crippen molar-refractivity contribution in [2.75, 3.05) is 7.11 Å². The number of hydrogen-bond acceptors (Lipinski definition) is 2. The molecule has 4 heteroatoms. The van der Waals surface area contributed by atoms with E-state index < -0.39 is 11.8 Å². The third-order valence-corrected chi connectivity index (χ3v) is 1.79. The fraction of sp³-hybridized carbons (Fsp3) is 0.100. The minimum atomic E-state index is -0.538. The van der Waals surface area contributed by atoms with Crippen LogP contribution in [0.15, 0.2) is 24.3 Å². The Morgan fingerprint density at radius 1 is 1.57 bits per heavy atom. The predicted octanol–water partition coefficient (Wildman–Crippen LogP) is 2.67. The van der Waals surface area contributed by atoms with Crippen molar-refractivity contribution in [3.05, 3.63) is 40.7 Å². The van der Waals surface area contributed by atoms with Crippen LogP contribution in [0.25, 0.3) is 6.08 Å². The number of esters is 1. The Hall–Kier alpha value is -1.35. The molecule has 1 rings (SSSR count). The van der Waals surface area contributed by atoms with E-state index in [0.29, 0.717) is 5.02 Å². The topological polar surface area (TPSA) is 26.3 Å². The molecule has 0 unspecified atom stereocenters. The zero-order valence-electron chi connectivity index (χ0n) is 7.46. The summed E-state index contributed by atoms with van der Waals surface area (Å²) in [4.78, 5) is 10.7. The summed E-state index contributed by atoms with van der Waals surface area (Å²) in [5.41, 5.74) is 0.253. The SMILES string of the molecule is COC(=O)/C=C/c1cc(Cl)ccc1F. The zero-order valence-corrected chi connectivity index (χ0v) is 8.22. The summed E-state index contributed by atoms with van der Waals surface area (Å²) in [6.45, 7) is 0. The lowest BCUT2D eigenvalue weighted by Crippen LogP contribution is -1.93. The van der Waals surface area contributed by atoms with Gasteiger partial charge in [0.1, 0.15) is 5.82 Å². The number of methoxy groups -OCH3 is 1. The van der Waals surface area contributed by atoms with Gasteiger partial charge < -0.3 is 4.74 Å². The van der Waals surface area contributed by atoms with E-state index in [1.165, 1.54) is 31.4 Å². The predicted molar refractivity (Wildman–Crippen MR) is 52.5 cm³/mol. The molecular formula is C10H8ClFO2. The number of hydrogen-bond donors (Lipinski definition) is 0. The van der Waals surface area contributed by atoms with E-state index in [-0.39, 0.29) is 5.56 Å². The number of benzene rings is 1. The van der Waals surface area contributed by atoms with Gasteiger partial charge in [-0.1, -0.05) is 11.6 Å². The lowest BCUT2D eigenvalue weighted by molar-refractivity contribution is -0.134. The third-order valence-electron chi connectivity index (χ3n) is 1.56. The van der Waals surface area contributed by atoms with Crippen molar-refractivity contribution in [1.82, 2.24) is 0 Å². The van der Waals surface area contributed by atoms with Crippen molar-refractivity contribution in [2.45, 2.75) is 0 Å². The number of rotatable bonds is 2. The van der Waals surface area contributed by atoms with Crippen molar-refractivity contribution in [1.29, 1.82) is 0 Å². The Morgan fingerprint density at radius 2 is 2.29 bits per heavy atom. The van der Waals surface area contributed by atoms with Crippen molar-refractivity contribution in [3.63, 3.8) is 0 Å². The van der Waals surface area contributed by atoms with Crippen LogP contribution in [0.3, 0.4) is 0 Å². The largest absolute Gasteiger partial charge is 0.466 e. The first-order valence-electron chi connectivity index (χ1n) is 3.84. The van der Waals surface area contributed by atoms with Gasteiger partial charge in [0.15, 0.2) is 0 Å². The number of ether oxygens (including phenoxy) is 1. The van der Waals surface area contributed by atoms with Crippen LogP contribution in [0.1, 0.15) is 5.56 Å². The Bertz CT molecular complexity index is 374. The summed E-state index contributed by atoms with van der Waals surface area (Å²) in [6, 6.07) is 4.10. The third kappa shape index (κ3) is 2.85. The quantitative estimate of drug-likeness (QED) is 0.559. The van der Waals surface area contributed by atoms with Gasteiger partial charge in [-0.2, -0.15) is 0 Å². The lowest BCUT2D eigenvalue weighted by Gasteiger charge is -1.97. The first-order valence-corrected chi connectivity index (χ1v) is 4.22. The van der Waals surface area contributed by atoms with Gasteiger partial charge >= 0.3 is 5.97 Å². The van der Waals surface area contributed by atoms with Crippen LogP contribution < -0.4 is 0 Å². The summed E-state index contributed by atoms with van der Waals surface area (Å²) in [6.07, 6.45) is 2.45. The van der Waals surface area contributed by atoms with Crippen LogP contribution >= 0.6 is 11.6 Å². The highest BCUT2D eigenvalue weighted by atomic mass is 35.5. The molecule has 14 heavy (non-hydrogen) atoms. The molecule has 0 atom stereocenters. The summed E-state index contributed by atoms with van der Waals surface area (Å²) < 4.78 is 17.4. The Labute approximate surface area is 85.9 Å². The summed E-state index contributed by atoms with van der Waals surface area (Å²) in [5, 5.41) is 0.413. The average molecular weight is 215 g/mol. The van der Waals surface area contributed by atoms with Crippen molar-refractivity contribution in [3.8, 4) is 0 Å². The first kappa shape index (κ1) is 10.7. The summed E-state index contributed by atoms with van der Waals surface area (Å²) in [5.74, 6) is -0.973. The molecule has 0 amide bonds. The van der Waals surface area contributed by atoms with Crippen molar-refractivity contribution < 1.29 is 13.9 Å². The van der Waals surface area contributed by atoms with Gasteiger partial charge in [-0.05, 0) is 24.3 Å². The Kier molecular flexibility index (Phi) is 3.65. The molecule has 0 N–H and O–H groups in total. The van der Waals surface area contributed by atoms with Gasteiger partial charge in [0, 0.05) is 16.7 Å². The van der Waals surface area contributed by atoms with E-state index in [9.17, 15) is 9.18 Å². The van der Waals surface area contributed by atoms with E-state index in [1.807, 2.05) is 0 Å². The fourth-order valence-electron chi connectivity index (χ4n) is 0.868. The average Bonchev–Trinajstić information content (AvgIpc) is 2.19. The zero-order chi connectivity index (χ0) is 10.6. The molecule has 1 aromatic carbocycles. The van der Waals surface area contributed by atoms with Crippen LogP contribution in [0.4, 0.5) is 4.39 Å². The van der Waals surface area contributed by atoms with Crippen molar-refractivity contribution >= 4 is 23.6 Å². The van der Waals surface area contributed by atoms with E-state index in [4.69, 9.17) is 11.6 Å². The van der Waals surface area contributed by atoms with E-state index in [1.54, 1.807) is 0 Å². The monoisotopic (exact) mass is 214 g/mol. The minimum Gasteiger partial charge on any atom is -0.466 e. The van der Waals surface area contributed by atoms with Crippen molar-refractivity contribution in [2.24, 2.45) is 0 Å². The molecule has 0 bridgehead atoms. The molecule has 2 nitrogen and oxygen atoms in total. The van der Waals surface area contributed by atoms with Gasteiger partial charge in [-0.25, -0.2) is 9.18 Å². The maximum atomic E-state index is 13.1. The van der Waals surface area contributed by atoms with Gasteiger partial charge in [0.25, 0.3) is 0 Å². The van der Waals surface area contributed by atoms with Crippen LogP contribution in [0, 0.1) is 5.82 Å². The van der Waals surface area contributed by atoms with E-state index >= 15 is 0 Å². The molecule has 0 radical (unpaired) electrons. The highest BCUT2D eigenvalue weighted by Gasteiger charge is 2.00. The van der Waals surface area contributed by atoms with Crippen LogP contribution in [0.2, 0.25) is 5.02 Å². The molecule has 0 saturated carbocycles. The molecule has 74 valence electrons. The smallest absolute Gasteiger partial charge is 0.330 e. The molecule has 0 heterocycles. The first-order chi connectivity index (χ1) is 6.63. The Balaban J connectivity index is 2.90. The molecule has 0 aromatic heterocycles. The molecule has 0 aliphatic heterocycles. The van der Waals surface area contributed by atoms with E-state index in [0.717, 1.165) is 6.08 Å². The van der Waals surface area contributed by atoms with Crippen LogP contribution in [-0.2, 0) is 9.53 Å². The number of halogens is 2. The van der Waals surface area contributed by atoms with Gasteiger partial charge in [0.05, 0.1) is 7.11 Å². The highest BCUT2D eigenvalue weighted by molar-refractivity contribution is 6.30. The Morgan fingerprint density at radius 3 is 2.93 bits per heavy atom. The van der Waals surface area contributed by atoms with Gasteiger partial charge in [-0.15, -0.1) is 0 Å². The maximum Gasteiger partial charge on any atom is 0.330 e. The number of carbonyl (C=O) groups excluding carboxylic acids is 1. The van der Waals surface area contributed by atoms with Crippen LogP contribution in [0.5, 0.6) is 0 Å². The normalized spacial score (nSPS) is 10.5. The minimum absolute atomic E-state index is 0.253. The standard InChI is InChI=1S/C10H8ClFO2/c1-14-10(13)5-2-7-6-8(11)3-4-9(7)12/h2-6H,1H3/b5-2+. The second kappa shape index (κ2) is 4.77. The van der Waals surface area contributed by atoms with E-state index in [2.05, 4.69) is 4.74 Å². The molecule has 0 spiro atoms. The fourth-order valence-corrected chi connectivity index (χ4v) is 1.05. The highest BCUT2D eigenvalue weighted by Crippen LogP contribution is 2.15. The molecule has 0 aliphatic carbocycles. The summed E-state index contributed by atoms with van der Waals surface area (Å²) >= 11 is 5.65. The summed E-state index contributed by atoms with van der Waals surface area (Å²) in [7, 11) is 1.25. The van der Waals surface area contributed by atoms with Gasteiger partial charge in [-0.3, -0.25) is 0 Å². The second-order valence-corrected chi connectivity index (χ2v) is 2.96. The van der Waals surface area contributed by atoms with Crippen LogP contribution in [-0.4, -0.2) is 13.1 Å². The molecule has 0 aliphatic rings. The van der Waals surface area contributed by atoms with Gasteiger partial charge in [0.2, 0.25) is 0 Å². The maximum absolute atomic E-state index is 13.1. The molecule has 1 aromatic rings. The number of carbonyl (C=O) groups is 1. The molecule has 0 fully saturated rings. The lowest BCUT2D eigenvalue weighted by atomic mass is 10.2. The molecular weight excluding hydrogens is 207 g/mol. The second-order valence-electron chi connectivity index (χ2n) is 2.52.